The number of nitrogen functional groups attached to an aromatic ring is 1. The van der Waals surface area contributed by atoms with Gasteiger partial charge in [-0.2, -0.15) is 0 Å². The van der Waals surface area contributed by atoms with Crippen molar-refractivity contribution in [2.45, 2.75) is 32.4 Å². The first-order valence-electron chi connectivity index (χ1n) is 6.40. The third-order valence-electron chi connectivity index (χ3n) is 2.79. The molecule has 2 heterocycles. The molecule has 8 heteroatoms. The van der Waals surface area contributed by atoms with Crippen LogP contribution in [0.5, 0.6) is 0 Å². The molecule has 0 bridgehead atoms. The Hall–Kier alpha value is -2.22. The lowest BCUT2D eigenvalue weighted by molar-refractivity contribution is -0.133. The SMILES string of the molecule is CCOCc1nc(N)cc(NC2CCC(=O)NC2=O)n1. The summed E-state index contributed by atoms with van der Waals surface area (Å²) in [7, 11) is 0. The standard InChI is InChI=1S/C12H17N5O3/c1-2-20-6-10-15-8(13)5-9(16-10)14-7-3-4-11(18)17-12(7)19/h5,7H,2-4,6H2,1H3,(H,17,18,19)(H3,13,14,15,16). The Balaban J connectivity index is 2.06. The van der Waals surface area contributed by atoms with E-state index >= 15 is 0 Å². The van der Waals surface area contributed by atoms with Crippen molar-refractivity contribution < 1.29 is 14.3 Å². The number of anilines is 2. The van der Waals surface area contributed by atoms with E-state index < -0.39 is 6.04 Å². The molecule has 1 aromatic rings. The first-order chi connectivity index (χ1) is 9.58. The van der Waals surface area contributed by atoms with Crippen LogP contribution >= 0.6 is 0 Å². The van der Waals surface area contributed by atoms with E-state index in [0.717, 1.165) is 0 Å². The van der Waals surface area contributed by atoms with Crippen molar-refractivity contribution in [1.29, 1.82) is 0 Å². The molecule has 0 aliphatic carbocycles. The average molecular weight is 279 g/mol. The number of nitrogens with two attached hydrogens (primary N) is 1. The molecule has 0 radical (unpaired) electrons. The summed E-state index contributed by atoms with van der Waals surface area (Å²) >= 11 is 0. The summed E-state index contributed by atoms with van der Waals surface area (Å²) in [6.45, 7) is 2.68. The molecule has 1 fully saturated rings. The van der Waals surface area contributed by atoms with Crippen molar-refractivity contribution in [2.75, 3.05) is 17.7 Å². The molecule has 20 heavy (non-hydrogen) atoms. The summed E-state index contributed by atoms with van der Waals surface area (Å²) in [4.78, 5) is 31.0. The quantitative estimate of drug-likeness (QED) is 0.639. The molecule has 2 rings (SSSR count). The van der Waals surface area contributed by atoms with Gasteiger partial charge in [-0.25, -0.2) is 9.97 Å². The van der Waals surface area contributed by atoms with E-state index in [9.17, 15) is 9.59 Å². The first-order valence-corrected chi connectivity index (χ1v) is 6.40. The van der Waals surface area contributed by atoms with Crippen molar-refractivity contribution in [1.82, 2.24) is 15.3 Å². The van der Waals surface area contributed by atoms with Gasteiger partial charge in [0.25, 0.3) is 0 Å². The summed E-state index contributed by atoms with van der Waals surface area (Å²) < 4.78 is 5.22. The van der Waals surface area contributed by atoms with Crippen LogP contribution < -0.4 is 16.4 Å². The van der Waals surface area contributed by atoms with Gasteiger partial charge in [-0.15, -0.1) is 0 Å². The second kappa shape index (κ2) is 6.29. The van der Waals surface area contributed by atoms with E-state index in [0.29, 0.717) is 36.9 Å². The van der Waals surface area contributed by atoms with Gasteiger partial charge in [0, 0.05) is 19.1 Å². The summed E-state index contributed by atoms with van der Waals surface area (Å²) in [6.07, 6.45) is 0.727. The van der Waals surface area contributed by atoms with Crippen molar-refractivity contribution in [3.8, 4) is 0 Å². The Labute approximate surface area is 116 Å². The molecule has 1 unspecified atom stereocenters. The fraction of sp³-hybridized carbons (Fsp3) is 0.500. The average Bonchev–Trinajstić information content (AvgIpc) is 2.39. The molecule has 0 aromatic carbocycles. The molecule has 0 saturated carbocycles. The zero-order chi connectivity index (χ0) is 14.5. The van der Waals surface area contributed by atoms with Crippen molar-refractivity contribution in [3.63, 3.8) is 0 Å². The van der Waals surface area contributed by atoms with Gasteiger partial charge >= 0.3 is 0 Å². The Bertz CT molecular complexity index is 520. The smallest absolute Gasteiger partial charge is 0.249 e. The highest BCUT2D eigenvalue weighted by Gasteiger charge is 2.26. The third kappa shape index (κ3) is 3.64. The molecular formula is C12H17N5O3. The Morgan fingerprint density at radius 3 is 3.00 bits per heavy atom. The van der Waals surface area contributed by atoms with E-state index in [-0.39, 0.29) is 18.4 Å². The number of piperidine rings is 1. The fourth-order valence-corrected chi connectivity index (χ4v) is 1.86. The lowest BCUT2D eigenvalue weighted by Crippen LogP contribution is -2.47. The fourth-order valence-electron chi connectivity index (χ4n) is 1.86. The van der Waals surface area contributed by atoms with E-state index in [2.05, 4.69) is 20.6 Å². The van der Waals surface area contributed by atoms with Crippen LogP contribution in [0, 0.1) is 0 Å². The number of ether oxygens (including phenoxy) is 1. The molecule has 4 N–H and O–H groups in total. The minimum Gasteiger partial charge on any atom is -0.384 e. The number of aromatic nitrogens is 2. The van der Waals surface area contributed by atoms with Gasteiger partial charge in [0.1, 0.15) is 24.3 Å². The van der Waals surface area contributed by atoms with Crippen LogP contribution in [-0.4, -0.2) is 34.4 Å². The number of carbonyl (C=O) groups is 2. The molecule has 2 amide bonds. The van der Waals surface area contributed by atoms with Gasteiger partial charge in [0.05, 0.1) is 0 Å². The molecule has 1 aromatic heterocycles. The summed E-state index contributed by atoms with van der Waals surface area (Å²) in [5, 5.41) is 5.23. The molecule has 1 aliphatic heterocycles. The maximum Gasteiger partial charge on any atom is 0.249 e. The van der Waals surface area contributed by atoms with Gasteiger partial charge in [0.2, 0.25) is 11.8 Å². The van der Waals surface area contributed by atoms with Crippen molar-refractivity contribution in [2.24, 2.45) is 0 Å². The molecular weight excluding hydrogens is 262 g/mol. The Kier molecular flexibility index (Phi) is 4.46. The highest BCUT2D eigenvalue weighted by atomic mass is 16.5. The summed E-state index contributed by atoms with van der Waals surface area (Å²) in [6, 6.07) is 1.04. The summed E-state index contributed by atoms with van der Waals surface area (Å²) in [5.74, 6) is 0.574. The maximum absolute atomic E-state index is 11.7. The number of hydrogen-bond acceptors (Lipinski definition) is 7. The molecule has 8 nitrogen and oxygen atoms in total. The lowest BCUT2D eigenvalue weighted by Gasteiger charge is -2.22. The van der Waals surface area contributed by atoms with Crippen LogP contribution in [0.3, 0.4) is 0 Å². The zero-order valence-electron chi connectivity index (χ0n) is 11.2. The number of carbonyl (C=O) groups excluding carboxylic acids is 2. The van der Waals surface area contributed by atoms with E-state index in [1.807, 2.05) is 6.92 Å². The van der Waals surface area contributed by atoms with E-state index in [4.69, 9.17) is 10.5 Å². The molecule has 1 aliphatic rings. The lowest BCUT2D eigenvalue weighted by atomic mass is 10.1. The first kappa shape index (κ1) is 14.2. The number of nitrogens with one attached hydrogen (secondary N) is 2. The van der Waals surface area contributed by atoms with Crippen LogP contribution in [0.4, 0.5) is 11.6 Å². The van der Waals surface area contributed by atoms with Crippen LogP contribution in [0.1, 0.15) is 25.6 Å². The number of rotatable bonds is 5. The van der Waals surface area contributed by atoms with Crippen LogP contribution in [0.2, 0.25) is 0 Å². The van der Waals surface area contributed by atoms with Gasteiger partial charge < -0.3 is 15.8 Å². The molecule has 0 spiro atoms. The monoisotopic (exact) mass is 279 g/mol. The van der Waals surface area contributed by atoms with Crippen LogP contribution in [0.25, 0.3) is 0 Å². The number of hydrogen-bond donors (Lipinski definition) is 3. The van der Waals surface area contributed by atoms with Gasteiger partial charge in [-0.3, -0.25) is 14.9 Å². The Morgan fingerprint density at radius 1 is 1.50 bits per heavy atom. The van der Waals surface area contributed by atoms with Gasteiger partial charge in [0.15, 0.2) is 5.82 Å². The highest BCUT2D eigenvalue weighted by Crippen LogP contribution is 2.14. The van der Waals surface area contributed by atoms with Crippen molar-refractivity contribution >= 4 is 23.5 Å². The van der Waals surface area contributed by atoms with E-state index in [1.54, 1.807) is 6.07 Å². The second-order valence-electron chi connectivity index (χ2n) is 4.38. The number of imide groups is 1. The summed E-state index contributed by atoms with van der Waals surface area (Å²) in [5.41, 5.74) is 5.69. The zero-order valence-corrected chi connectivity index (χ0v) is 11.2. The van der Waals surface area contributed by atoms with Gasteiger partial charge in [-0.1, -0.05) is 0 Å². The van der Waals surface area contributed by atoms with Crippen LogP contribution in [-0.2, 0) is 20.9 Å². The number of amides is 2. The highest BCUT2D eigenvalue weighted by molar-refractivity contribution is 6.01. The molecule has 108 valence electrons. The predicted molar refractivity (Wildman–Crippen MR) is 71.6 cm³/mol. The van der Waals surface area contributed by atoms with E-state index in [1.165, 1.54) is 0 Å². The second-order valence-corrected chi connectivity index (χ2v) is 4.38. The van der Waals surface area contributed by atoms with Crippen LogP contribution in [0.15, 0.2) is 6.07 Å². The normalized spacial score (nSPS) is 18.8. The van der Waals surface area contributed by atoms with Gasteiger partial charge in [-0.05, 0) is 13.3 Å². The Morgan fingerprint density at radius 2 is 2.30 bits per heavy atom. The minimum absolute atomic E-state index is 0.256. The maximum atomic E-state index is 11.7. The largest absolute Gasteiger partial charge is 0.384 e. The minimum atomic E-state index is -0.498. The predicted octanol–water partition coefficient (Wildman–Crippen LogP) is -0.188. The number of nitrogens with zero attached hydrogens (tertiary/aromatic N) is 2. The van der Waals surface area contributed by atoms with Crippen molar-refractivity contribution in [3.05, 3.63) is 11.9 Å². The third-order valence-corrected chi connectivity index (χ3v) is 2.79. The molecule has 1 saturated heterocycles. The topological polar surface area (TPSA) is 119 Å². The molecule has 1 atom stereocenters.